The molecular formula is C6H9ClN2O2. The van der Waals surface area contributed by atoms with E-state index in [4.69, 9.17) is 11.8 Å². The minimum atomic E-state index is -0.569. The van der Waals surface area contributed by atoms with E-state index in [1.165, 1.54) is 0 Å². The van der Waals surface area contributed by atoms with Gasteiger partial charge in [0.2, 0.25) is 5.91 Å². The average molecular weight is 177 g/mol. The van der Waals surface area contributed by atoms with Crippen molar-refractivity contribution in [2.75, 3.05) is 0 Å². The molecule has 5 heteroatoms. The van der Waals surface area contributed by atoms with Crippen LogP contribution in [0.4, 0.5) is 0 Å². The summed E-state index contributed by atoms with van der Waals surface area (Å²) in [6.45, 7) is 3.17. The van der Waals surface area contributed by atoms with Gasteiger partial charge in [-0.3, -0.25) is 9.59 Å². The normalized spacial score (nSPS) is 32.1. The molecule has 0 radical (unpaired) electrons. The van der Waals surface area contributed by atoms with Gasteiger partial charge in [0.1, 0.15) is 12.1 Å². The number of piperazine rings is 1. The Morgan fingerprint density at radius 2 is 2.00 bits per heavy atom. The monoisotopic (exact) mass is 176 g/mol. The van der Waals surface area contributed by atoms with Crippen molar-refractivity contribution < 1.29 is 9.59 Å². The molecule has 0 aromatic heterocycles. The van der Waals surface area contributed by atoms with E-state index in [-0.39, 0.29) is 11.8 Å². The highest BCUT2D eigenvalue weighted by atomic mass is 35.5. The molecule has 0 bridgehead atoms. The lowest BCUT2D eigenvalue weighted by Crippen LogP contribution is -2.58. The topological polar surface area (TPSA) is 49.4 Å². The molecule has 0 spiro atoms. The standard InChI is InChI=1S/C6H9ClN2O2/c1-3-6(11)9(7)4(2)5(10)8-3/h3-4H,1-2H3,(H,8,10). The van der Waals surface area contributed by atoms with Gasteiger partial charge in [-0.15, -0.1) is 0 Å². The lowest BCUT2D eigenvalue weighted by atomic mass is 10.2. The van der Waals surface area contributed by atoms with Gasteiger partial charge in [0.25, 0.3) is 5.91 Å². The second-order valence-corrected chi connectivity index (χ2v) is 2.92. The zero-order valence-electron chi connectivity index (χ0n) is 6.30. The Morgan fingerprint density at radius 3 is 2.55 bits per heavy atom. The lowest BCUT2D eigenvalue weighted by molar-refractivity contribution is -0.142. The predicted molar refractivity (Wildman–Crippen MR) is 39.8 cm³/mol. The van der Waals surface area contributed by atoms with Crippen molar-refractivity contribution in [1.82, 2.24) is 9.74 Å². The van der Waals surface area contributed by atoms with Crippen molar-refractivity contribution in [1.29, 1.82) is 0 Å². The van der Waals surface area contributed by atoms with E-state index in [0.29, 0.717) is 0 Å². The van der Waals surface area contributed by atoms with Gasteiger partial charge in [0.15, 0.2) is 0 Å². The number of nitrogens with zero attached hydrogens (tertiary/aromatic N) is 1. The molecule has 1 fully saturated rings. The van der Waals surface area contributed by atoms with Crippen molar-refractivity contribution in [3.8, 4) is 0 Å². The maximum Gasteiger partial charge on any atom is 0.259 e. The third-order valence-corrected chi connectivity index (χ3v) is 2.12. The van der Waals surface area contributed by atoms with Gasteiger partial charge in [-0.05, 0) is 13.8 Å². The van der Waals surface area contributed by atoms with Crippen LogP contribution in [0.25, 0.3) is 0 Å². The Morgan fingerprint density at radius 1 is 1.45 bits per heavy atom. The molecule has 11 heavy (non-hydrogen) atoms. The van der Waals surface area contributed by atoms with Gasteiger partial charge < -0.3 is 5.32 Å². The molecule has 62 valence electrons. The Bertz CT molecular complexity index is 207. The molecular weight excluding hydrogens is 168 g/mol. The van der Waals surface area contributed by atoms with Crippen LogP contribution in [-0.4, -0.2) is 28.3 Å². The fourth-order valence-electron chi connectivity index (χ4n) is 0.875. The van der Waals surface area contributed by atoms with Crippen molar-refractivity contribution in [3.05, 3.63) is 0 Å². The molecule has 2 atom stereocenters. The van der Waals surface area contributed by atoms with Gasteiger partial charge in [0, 0.05) is 11.8 Å². The van der Waals surface area contributed by atoms with Gasteiger partial charge >= 0.3 is 0 Å². The fourth-order valence-corrected chi connectivity index (χ4v) is 1.11. The molecule has 1 aliphatic heterocycles. The smallest absolute Gasteiger partial charge is 0.259 e. The molecule has 4 nitrogen and oxygen atoms in total. The molecule has 0 aromatic carbocycles. The fraction of sp³-hybridized carbons (Fsp3) is 0.667. The van der Waals surface area contributed by atoms with Crippen molar-refractivity contribution in [3.63, 3.8) is 0 Å². The first-order valence-electron chi connectivity index (χ1n) is 3.33. The summed E-state index contributed by atoms with van der Waals surface area (Å²) in [5, 5.41) is 2.49. The van der Waals surface area contributed by atoms with E-state index in [1.54, 1.807) is 13.8 Å². The van der Waals surface area contributed by atoms with Crippen LogP contribution in [0.2, 0.25) is 0 Å². The van der Waals surface area contributed by atoms with Crippen LogP contribution in [0, 0.1) is 0 Å². The SMILES string of the molecule is CC1NC(=O)C(C)N(Cl)C1=O. The first-order chi connectivity index (χ1) is 5.04. The second-order valence-electron chi connectivity index (χ2n) is 2.56. The summed E-state index contributed by atoms with van der Waals surface area (Å²) in [6, 6.07) is -1.07. The summed E-state index contributed by atoms with van der Waals surface area (Å²) in [4.78, 5) is 22.0. The van der Waals surface area contributed by atoms with E-state index in [0.717, 1.165) is 4.42 Å². The third-order valence-electron chi connectivity index (χ3n) is 1.66. The quantitative estimate of drug-likeness (QED) is 0.523. The molecule has 2 amide bonds. The Balaban J connectivity index is 2.78. The molecule has 0 aliphatic carbocycles. The molecule has 1 N–H and O–H groups in total. The summed E-state index contributed by atoms with van der Waals surface area (Å²) < 4.78 is 0.934. The average Bonchev–Trinajstić information content (AvgIpc) is 1.97. The highest BCUT2D eigenvalue weighted by molar-refractivity contribution is 6.24. The van der Waals surface area contributed by atoms with E-state index >= 15 is 0 Å². The maximum absolute atomic E-state index is 11.1. The third kappa shape index (κ3) is 1.30. The molecule has 1 saturated heterocycles. The molecule has 1 aliphatic rings. The summed E-state index contributed by atoms with van der Waals surface area (Å²) in [6.07, 6.45) is 0. The van der Waals surface area contributed by atoms with Gasteiger partial charge in [-0.2, -0.15) is 0 Å². The number of carbonyl (C=O) groups excluding carboxylic acids is 2. The summed E-state index contributed by atoms with van der Waals surface area (Å²) >= 11 is 5.53. The summed E-state index contributed by atoms with van der Waals surface area (Å²) in [5.41, 5.74) is 0. The number of rotatable bonds is 0. The Hall–Kier alpha value is -0.770. The van der Waals surface area contributed by atoms with E-state index in [2.05, 4.69) is 5.32 Å². The minimum absolute atomic E-state index is 0.216. The highest BCUT2D eigenvalue weighted by Crippen LogP contribution is 2.11. The van der Waals surface area contributed by atoms with Crippen LogP contribution in [0.15, 0.2) is 0 Å². The number of hydrogen-bond acceptors (Lipinski definition) is 2. The molecule has 1 heterocycles. The van der Waals surface area contributed by atoms with E-state index < -0.39 is 12.1 Å². The minimum Gasteiger partial charge on any atom is -0.343 e. The molecule has 2 unspecified atom stereocenters. The first-order valence-corrected chi connectivity index (χ1v) is 3.67. The first kappa shape index (κ1) is 8.33. The number of nitrogens with one attached hydrogen (secondary N) is 1. The zero-order valence-corrected chi connectivity index (χ0v) is 7.05. The maximum atomic E-state index is 11.1. The molecule has 0 saturated carbocycles. The van der Waals surface area contributed by atoms with Crippen LogP contribution in [0.1, 0.15) is 13.8 Å². The highest BCUT2D eigenvalue weighted by Gasteiger charge is 2.34. The van der Waals surface area contributed by atoms with E-state index in [1.807, 2.05) is 0 Å². The summed E-state index contributed by atoms with van der Waals surface area (Å²) in [5.74, 6) is -0.481. The molecule has 0 aromatic rings. The number of hydrogen-bond donors (Lipinski definition) is 1. The summed E-state index contributed by atoms with van der Waals surface area (Å²) in [7, 11) is 0. The number of halogens is 1. The predicted octanol–water partition coefficient (Wildman–Crippen LogP) is -0.124. The van der Waals surface area contributed by atoms with Crippen LogP contribution in [0.5, 0.6) is 0 Å². The molecule has 1 rings (SSSR count). The van der Waals surface area contributed by atoms with Crippen molar-refractivity contribution >= 4 is 23.6 Å². The van der Waals surface area contributed by atoms with Crippen molar-refractivity contribution in [2.24, 2.45) is 0 Å². The van der Waals surface area contributed by atoms with Gasteiger partial charge in [0.05, 0.1) is 0 Å². The number of amides is 2. The largest absolute Gasteiger partial charge is 0.343 e. The zero-order chi connectivity index (χ0) is 8.59. The van der Waals surface area contributed by atoms with E-state index in [9.17, 15) is 9.59 Å². The van der Waals surface area contributed by atoms with Crippen molar-refractivity contribution in [2.45, 2.75) is 25.9 Å². The van der Waals surface area contributed by atoms with Crippen LogP contribution < -0.4 is 5.32 Å². The van der Waals surface area contributed by atoms with Crippen LogP contribution in [-0.2, 0) is 9.59 Å². The Kier molecular flexibility index (Phi) is 2.04. The lowest BCUT2D eigenvalue weighted by Gasteiger charge is -2.30. The second kappa shape index (κ2) is 2.70. The van der Waals surface area contributed by atoms with Crippen LogP contribution >= 0.6 is 11.8 Å². The van der Waals surface area contributed by atoms with Gasteiger partial charge in [-0.25, -0.2) is 4.42 Å². The number of carbonyl (C=O) groups is 2. The Labute approximate surface area is 69.6 Å². The van der Waals surface area contributed by atoms with Gasteiger partial charge in [-0.1, -0.05) is 0 Å². The van der Waals surface area contributed by atoms with Crippen LogP contribution in [0.3, 0.4) is 0 Å².